The summed E-state index contributed by atoms with van der Waals surface area (Å²) in [6.45, 7) is 2.08. The van der Waals surface area contributed by atoms with E-state index >= 15 is 0 Å². The van der Waals surface area contributed by atoms with Gasteiger partial charge in [0, 0.05) is 18.0 Å². The highest BCUT2D eigenvalue weighted by atomic mass is 35.5. The third-order valence-corrected chi connectivity index (χ3v) is 5.41. The summed E-state index contributed by atoms with van der Waals surface area (Å²) in [6, 6.07) is 12.4. The van der Waals surface area contributed by atoms with Crippen LogP contribution in [0, 0.1) is 6.92 Å². The molecule has 0 atom stereocenters. The molecule has 0 spiro atoms. The van der Waals surface area contributed by atoms with Crippen molar-refractivity contribution in [2.45, 2.75) is 18.2 Å². The fourth-order valence-corrected chi connectivity index (χ4v) is 3.55. The molecule has 2 aromatic carbocycles. The average Bonchev–Trinajstić information content (AvgIpc) is 2.92. The fourth-order valence-electron chi connectivity index (χ4n) is 2.25. The number of para-hydroxylation sites is 2. The molecular formula is C16H16ClN3O2S. The van der Waals surface area contributed by atoms with E-state index in [2.05, 4.69) is 14.7 Å². The number of aryl methyl sites for hydroxylation is 1. The number of nitrogens with zero attached hydrogens (tertiary/aromatic N) is 1. The van der Waals surface area contributed by atoms with E-state index in [1.807, 2.05) is 31.2 Å². The van der Waals surface area contributed by atoms with Gasteiger partial charge in [-0.1, -0.05) is 29.8 Å². The van der Waals surface area contributed by atoms with Crippen molar-refractivity contribution >= 4 is 32.7 Å². The highest BCUT2D eigenvalue weighted by Crippen LogP contribution is 2.19. The molecule has 0 bridgehead atoms. The van der Waals surface area contributed by atoms with Crippen LogP contribution in [-0.2, 0) is 16.4 Å². The first-order valence-corrected chi connectivity index (χ1v) is 9.01. The SMILES string of the molecule is Cc1ccc(S(=O)(=O)NCCc2nc3ccccc3[nH]2)cc1Cl. The number of hydrogen-bond donors (Lipinski definition) is 2. The molecule has 3 rings (SSSR count). The number of imidazole rings is 1. The van der Waals surface area contributed by atoms with Crippen LogP contribution in [0.2, 0.25) is 5.02 Å². The highest BCUT2D eigenvalue weighted by molar-refractivity contribution is 7.89. The molecule has 2 N–H and O–H groups in total. The summed E-state index contributed by atoms with van der Waals surface area (Å²) in [5.41, 5.74) is 2.65. The number of sulfonamides is 1. The molecule has 0 aliphatic heterocycles. The van der Waals surface area contributed by atoms with Crippen molar-refractivity contribution in [2.24, 2.45) is 0 Å². The second-order valence-electron chi connectivity index (χ2n) is 5.26. The molecule has 0 amide bonds. The smallest absolute Gasteiger partial charge is 0.240 e. The van der Waals surface area contributed by atoms with Gasteiger partial charge in [-0.05, 0) is 36.8 Å². The molecule has 3 aromatic rings. The molecule has 0 saturated carbocycles. The Morgan fingerprint density at radius 1 is 1.22 bits per heavy atom. The Morgan fingerprint density at radius 3 is 2.74 bits per heavy atom. The van der Waals surface area contributed by atoms with Gasteiger partial charge < -0.3 is 4.98 Å². The minimum Gasteiger partial charge on any atom is -0.342 e. The van der Waals surface area contributed by atoms with Crippen LogP contribution in [0.25, 0.3) is 11.0 Å². The first-order valence-electron chi connectivity index (χ1n) is 7.15. The second-order valence-corrected chi connectivity index (χ2v) is 7.43. The standard InChI is InChI=1S/C16H16ClN3O2S/c1-11-6-7-12(10-13(11)17)23(21,22)18-9-8-16-19-14-4-2-3-5-15(14)20-16/h2-7,10,18H,8-9H2,1H3,(H,19,20). The van der Waals surface area contributed by atoms with Crippen LogP contribution in [-0.4, -0.2) is 24.9 Å². The molecule has 0 aliphatic carbocycles. The van der Waals surface area contributed by atoms with Crippen LogP contribution >= 0.6 is 11.6 Å². The molecule has 1 aromatic heterocycles. The van der Waals surface area contributed by atoms with E-state index in [9.17, 15) is 8.42 Å². The Hall–Kier alpha value is -1.89. The number of aromatic amines is 1. The van der Waals surface area contributed by atoms with Gasteiger partial charge in [0.25, 0.3) is 0 Å². The molecule has 0 unspecified atom stereocenters. The normalized spacial score (nSPS) is 11.9. The maximum absolute atomic E-state index is 12.3. The molecule has 1 heterocycles. The zero-order valence-corrected chi connectivity index (χ0v) is 14.1. The third kappa shape index (κ3) is 3.55. The molecule has 0 fully saturated rings. The number of fused-ring (bicyclic) bond motifs is 1. The lowest BCUT2D eigenvalue weighted by atomic mass is 10.2. The van der Waals surface area contributed by atoms with Crippen LogP contribution in [0.1, 0.15) is 11.4 Å². The molecule has 120 valence electrons. The van der Waals surface area contributed by atoms with E-state index in [-0.39, 0.29) is 11.4 Å². The third-order valence-electron chi connectivity index (χ3n) is 3.55. The van der Waals surface area contributed by atoms with Crippen molar-refractivity contribution in [2.75, 3.05) is 6.54 Å². The quantitative estimate of drug-likeness (QED) is 0.743. The monoisotopic (exact) mass is 349 g/mol. The summed E-state index contributed by atoms with van der Waals surface area (Å²) >= 11 is 5.99. The van der Waals surface area contributed by atoms with Crippen molar-refractivity contribution in [3.8, 4) is 0 Å². The van der Waals surface area contributed by atoms with Crippen LogP contribution in [0.5, 0.6) is 0 Å². The van der Waals surface area contributed by atoms with Gasteiger partial charge in [-0.2, -0.15) is 0 Å². The summed E-state index contributed by atoms with van der Waals surface area (Å²) in [6.07, 6.45) is 0.480. The Labute approximate surface area is 139 Å². The Bertz CT molecular complexity index is 918. The predicted octanol–water partition coefficient (Wildman–Crippen LogP) is 3.05. The summed E-state index contributed by atoms with van der Waals surface area (Å²) in [5.74, 6) is 0.746. The summed E-state index contributed by atoms with van der Waals surface area (Å²) in [5, 5.41) is 0.435. The zero-order valence-electron chi connectivity index (χ0n) is 12.5. The topological polar surface area (TPSA) is 74.8 Å². The maximum atomic E-state index is 12.3. The van der Waals surface area contributed by atoms with Gasteiger partial charge in [-0.3, -0.25) is 0 Å². The minimum atomic E-state index is -3.58. The predicted molar refractivity (Wildman–Crippen MR) is 91.2 cm³/mol. The number of rotatable bonds is 5. The van der Waals surface area contributed by atoms with Crippen molar-refractivity contribution < 1.29 is 8.42 Å². The molecule has 0 radical (unpaired) electrons. The number of halogens is 1. The van der Waals surface area contributed by atoms with Crippen LogP contribution < -0.4 is 4.72 Å². The molecular weight excluding hydrogens is 334 g/mol. The van der Waals surface area contributed by atoms with Gasteiger partial charge in [-0.15, -0.1) is 0 Å². The first-order chi connectivity index (χ1) is 11.0. The lowest BCUT2D eigenvalue weighted by Gasteiger charge is -2.07. The van der Waals surface area contributed by atoms with Gasteiger partial charge in [0.15, 0.2) is 0 Å². The van der Waals surface area contributed by atoms with E-state index in [0.717, 1.165) is 22.4 Å². The molecule has 0 aliphatic rings. The number of nitrogens with one attached hydrogen (secondary N) is 2. The van der Waals surface area contributed by atoms with Crippen molar-refractivity contribution in [3.05, 3.63) is 58.9 Å². The van der Waals surface area contributed by atoms with E-state index in [1.165, 1.54) is 6.07 Å². The summed E-state index contributed by atoms with van der Waals surface area (Å²) < 4.78 is 27.1. The van der Waals surface area contributed by atoms with Gasteiger partial charge in [-0.25, -0.2) is 18.1 Å². The van der Waals surface area contributed by atoms with E-state index in [0.29, 0.717) is 11.4 Å². The molecule has 7 heteroatoms. The highest BCUT2D eigenvalue weighted by Gasteiger charge is 2.15. The van der Waals surface area contributed by atoms with Crippen molar-refractivity contribution in [3.63, 3.8) is 0 Å². The van der Waals surface area contributed by atoms with E-state index < -0.39 is 10.0 Å². The van der Waals surface area contributed by atoms with Crippen molar-refractivity contribution in [1.29, 1.82) is 0 Å². The largest absolute Gasteiger partial charge is 0.342 e. The lowest BCUT2D eigenvalue weighted by molar-refractivity contribution is 0.581. The van der Waals surface area contributed by atoms with Crippen LogP contribution in [0.15, 0.2) is 47.4 Å². The summed E-state index contributed by atoms with van der Waals surface area (Å²) in [7, 11) is -3.58. The van der Waals surface area contributed by atoms with Crippen LogP contribution in [0.3, 0.4) is 0 Å². The number of hydrogen-bond acceptors (Lipinski definition) is 3. The van der Waals surface area contributed by atoms with E-state index in [1.54, 1.807) is 12.1 Å². The second kappa shape index (κ2) is 6.31. The molecule has 23 heavy (non-hydrogen) atoms. The minimum absolute atomic E-state index is 0.165. The number of benzene rings is 2. The number of H-pyrrole nitrogens is 1. The van der Waals surface area contributed by atoms with E-state index in [4.69, 9.17) is 11.6 Å². The van der Waals surface area contributed by atoms with Gasteiger partial charge >= 0.3 is 0 Å². The molecule has 5 nitrogen and oxygen atoms in total. The van der Waals surface area contributed by atoms with Crippen LogP contribution in [0.4, 0.5) is 0 Å². The number of aromatic nitrogens is 2. The summed E-state index contributed by atoms with van der Waals surface area (Å²) in [4.78, 5) is 7.75. The average molecular weight is 350 g/mol. The molecule has 0 saturated heterocycles. The van der Waals surface area contributed by atoms with Gasteiger partial charge in [0.1, 0.15) is 5.82 Å². The Morgan fingerprint density at radius 2 is 2.00 bits per heavy atom. The zero-order chi connectivity index (χ0) is 16.4. The Kier molecular flexibility index (Phi) is 4.39. The van der Waals surface area contributed by atoms with Gasteiger partial charge in [0.05, 0.1) is 15.9 Å². The van der Waals surface area contributed by atoms with Gasteiger partial charge in [0.2, 0.25) is 10.0 Å². The Balaban J connectivity index is 1.68. The van der Waals surface area contributed by atoms with Crippen molar-refractivity contribution in [1.82, 2.24) is 14.7 Å². The maximum Gasteiger partial charge on any atom is 0.240 e. The lowest BCUT2D eigenvalue weighted by Crippen LogP contribution is -2.26. The fraction of sp³-hybridized carbons (Fsp3) is 0.188. The first kappa shape index (κ1) is 16.0.